The molecule has 0 N–H and O–H groups in total. The summed E-state index contributed by atoms with van der Waals surface area (Å²) in [5.41, 5.74) is -0.295. The Labute approximate surface area is 121 Å². The fourth-order valence-electron chi connectivity index (χ4n) is 2.44. The number of pyridine rings is 1. The van der Waals surface area contributed by atoms with Crippen molar-refractivity contribution in [2.45, 2.75) is 12.8 Å². The Hall–Kier alpha value is -2.69. The molecular weight excluding hydrogens is 276 g/mol. The standard InChI is InChI=1S/C13H14N4O4/c1-21-13(18)9-3-6-16(7-4-9)12-11(17(19)20)10(8-14)2-5-15-12/h2,5,9H,3-4,6-7H2,1H3. The Morgan fingerprint density at radius 1 is 1.57 bits per heavy atom. The molecule has 0 saturated carbocycles. The Bertz CT molecular complexity index is 603. The van der Waals surface area contributed by atoms with Gasteiger partial charge in [0.05, 0.1) is 18.0 Å². The van der Waals surface area contributed by atoms with Crippen LogP contribution in [0, 0.1) is 27.4 Å². The molecule has 0 bridgehead atoms. The molecule has 1 aromatic rings. The topological polar surface area (TPSA) is 109 Å². The summed E-state index contributed by atoms with van der Waals surface area (Å²) in [6.07, 6.45) is 2.47. The van der Waals surface area contributed by atoms with E-state index in [1.165, 1.54) is 19.4 Å². The van der Waals surface area contributed by atoms with E-state index in [2.05, 4.69) is 4.98 Å². The van der Waals surface area contributed by atoms with Gasteiger partial charge in [0.15, 0.2) is 0 Å². The Morgan fingerprint density at radius 3 is 2.76 bits per heavy atom. The highest BCUT2D eigenvalue weighted by molar-refractivity contribution is 5.73. The van der Waals surface area contributed by atoms with Crippen LogP contribution in [0.3, 0.4) is 0 Å². The summed E-state index contributed by atoms with van der Waals surface area (Å²) in [5.74, 6) is -0.269. The van der Waals surface area contributed by atoms with Gasteiger partial charge < -0.3 is 9.64 Å². The number of rotatable bonds is 3. The first-order chi connectivity index (χ1) is 10.1. The van der Waals surface area contributed by atoms with Crippen molar-refractivity contribution in [2.75, 3.05) is 25.1 Å². The lowest BCUT2D eigenvalue weighted by molar-refractivity contribution is -0.384. The second-order valence-corrected chi connectivity index (χ2v) is 4.68. The molecule has 2 rings (SSSR count). The first-order valence-corrected chi connectivity index (χ1v) is 6.44. The molecule has 110 valence electrons. The fraction of sp³-hybridized carbons (Fsp3) is 0.462. The third-order valence-electron chi connectivity index (χ3n) is 3.54. The van der Waals surface area contributed by atoms with E-state index >= 15 is 0 Å². The second kappa shape index (κ2) is 6.17. The molecule has 1 aromatic heterocycles. The lowest BCUT2D eigenvalue weighted by Gasteiger charge is -2.31. The van der Waals surface area contributed by atoms with Crippen LogP contribution < -0.4 is 4.90 Å². The van der Waals surface area contributed by atoms with Crippen LogP contribution >= 0.6 is 0 Å². The molecule has 0 radical (unpaired) electrons. The second-order valence-electron chi connectivity index (χ2n) is 4.68. The van der Waals surface area contributed by atoms with E-state index in [-0.39, 0.29) is 29.0 Å². The quantitative estimate of drug-likeness (QED) is 0.468. The largest absolute Gasteiger partial charge is 0.469 e. The van der Waals surface area contributed by atoms with Gasteiger partial charge in [-0.1, -0.05) is 0 Å². The number of nitriles is 1. The fourth-order valence-corrected chi connectivity index (χ4v) is 2.44. The number of esters is 1. The zero-order valence-electron chi connectivity index (χ0n) is 11.5. The molecule has 21 heavy (non-hydrogen) atoms. The molecule has 0 spiro atoms. The third-order valence-corrected chi connectivity index (χ3v) is 3.54. The van der Waals surface area contributed by atoms with Gasteiger partial charge in [0.2, 0.25) is 5.82 Å². The molecular formula is C13H14N4O4. The lowest BCUT2D eigenvalue weighted by atomic mass is 9.97. The molecule has 1 saturated heterocycles. The maximum absolute atomic E-state index is 11.5. The Balaban J connectivity index is 2.23. The van der Waals surface area contributed by atoms with E-state index in [1.54, 1.807) is 4.90 Å². The number of aromatic nitrogens is 1. The highest BCUT2D eigenvalue weighted by Crippen LogP contribution is 2.32. The first kappa shape index (κ1) is 14.7. The zero-order valence-corrected chi connectivity index (χ0v) is 11.5. The summed E-state index contributed by atoms with van der Waals surface area (Å²) in [6, 6.07) is 3.13. The summed E-state index contributed by atoms with van der Waals surface area (Å²) in [5, 5.41) is 20.2. The molecule has 0 atom stereocenters. The van der Waals surface area contributed by atoms with Gasteiger partial charge >= 0.3 is 11.7 Å². The number of piperidine rings is 1. The number of ether oxygens (including phenoxy) is 1. The summed E-state index contributed by atoms with van der Waals surface area (Å²) in [4.78, 5) is 27.8. The van der Waals surface area contributed by atoms with Crippen molar-refractivity contribution >= 4 is 17.5 Å². The zero-order chi connectivity index (χ0) is 15.4. The molecule has 1 aliphatic heterocycles. The molecule has 0 aromatic carbocycles. The van der Waals surface area contributed by atoms with Crippen molar-refractivity contribution < 1.29 is 14.5 Å². The lowest BCUT2D eigenvalue weighted by Crippen LogP contribution is -2.37. The summed E-state index contributed by atoms with van der Waals surface area (Å²) < 4.78 is 4.70. The average Bonchev–Trinajstić information content (AvgIpc) is 2.53. The number of hydrogen-bond acceptors (Lipinski definition) is 7. The van der Waals surface area contributed by atoms with Gasteiger partial charge in [0, 0.05) is 19.3 Å². The van der Waals surface area contributed by atoms with Crippen molar-refractivity contribution in [1.82, 2.24) is 4.98 Å². The molecule has 8 nitrogen and oxygen atoms in total. The normalized spacial score (nSPS) is 15.3. The van der Waals surface area contributed by atoms with Gasteiger partial charge in [0.25, 0.3) is 0 Å². The van der Waals surface area contributed by atoms with Gasteiger partial charge in [0.1, 0.15) is 11.6 Å². The number of carbonyl (C=O) groups excluding carboxylic acids is 1. The molecule has 8 heteroatoms. The number of nitro groups is 1. The molecule has 2 heterocycles. The average molecular weight is 290 g/mol. The van der Waals surface area contributed by atoms with E-state index in [4.69, 9.17) is 10.00 Å². The molecule has 0 aliphatic carbocycles. The predicted octanol–water partition coefficient (Wildman–Crippen LogP) is 1.25. The van der Waals surface area contributed by atoms with E-state index < -0.39 is 4.92 Å². The molecule has 0 amide bonds. The molecule has 0 unspecified atom stereocenters. The highest BCUT2D eigenvalue weighted by atomic mass is 16.6. The van der Waals surface area contributed by atoms with Crippen LogP contribution in [-0.2, 0) is 9.53 Å². The van der Waals surface area contributed by atoms with Gasteiger partial charge in [-0.25, -0.2) is 4.98 Å². The third kappa shape index (κ3) is 2.91. The van der Waals surface area contributed by atoms with Crippen molar-refractivity contribution in [3.8, 4) is 6.07 Å². The summed E-state index contributed by atoms with van der Waals surface area (Å²) >= 11 is 0. The maximum atomic E-state index is 11.5. The van der Waals surface area contributed by atoms with Crippen molar-refractivity contribution in [1.29, 1.82) is 5.26 Å². The van der Waals surface area contributed by atoms with Crippen LogP contribution in [0.25, 0.3) is 0 Å². The Kier molecular flexibility index (Phi) is 4.33. The van der Waals surface area contributed by atoms with Gasteiger partial charge in [-0.3, -0.25) is 14.9 Å². The molecule has 1 aliphatic rings. The van der Waals surface area contributed by atoms with Gasteiger partial charge in [-0.2, -0.15) is 5.26 Å². The monoisotopic (exact) mass is 290 g/mol. The molecule has 1 fully saturated rings. The van der Waals surface area contributed by atoms with Crippen LogP contribution in [0.1, 0.15) is 18.4 Å². The van der Waals surface area contributed by atoms with Crippen LogP contribution in [0.2, 0.25) is 0 Å². The number of hydrogen-bond donors (Lipinski definition) is 0. The minimum Gasteiger partial charge on any atom is -0.469 e. The van der Waals surface area contributed by atoms with Crippen LogP contribution in [0.4, 0.5) is 11.5 Å². The van der Waals surface area contributed by atoms with Crippen LogP contribution in [0.15, 0.2) is 12.3 Å². The number of nitrogens with zero attached hydrogens (tertiary/aromatic N) is 4. The number of anilines is 1. The van der Waals surface area contributed by atoms with Gasteiger partial charge in [-0.15, -0.1) is 0 Å². The highest BCUT2D eigenvalue weighted by Gasteiger charge is 2.31. The first-order valence-electron chi connectivity index (χ1n) is 6.44. The van der Waals surface area contributed by atoms with E-state index in [9.17, 15) is 14.9 Å². The van der Waals surface area contributed by atoms with Crippen LogP contribution in [0.5, 0.6) is 0 Å². The summed E-state index contributed by atoms with van der Waals surface area (Å²) in [7, 11) is 1.34. The van der Waals surface area contributed by atoms with Crippen molar-refractivity contribution in [3.63, 3.8) is 0 Å². The SMILES string of the molecule is COC(=O)C1CCN(c2nccc(C#N)c2[N+](=O)[O-])CC1. The van der Waals surface area contributed by atoms with E-state index in [0.717, 1.165) is 0 Å². The van der Waals surface area contributed by atoms with E-state index in [0.29, 0.717) is 25.9 Å². The number of methoxy groups -OCH3 is 1. The maximum Gasteiger partial charge on any atom is 0.329 e. The van der Waals surface area contributed by atoms with Crippen molar-refractivity contribution in [3.05, 3.63) is 27.9 Å². The summed E-state index contributed by atoms with van der Waals surface area (Å²) in [6.45, 7) is 0.922. The van der Waals surface area contributed by atoms with E-state index in [1.807, 2.05) is 6.07 Å². The van der Waals surface area contributed by atoms with Gasteiger partial charge in [-0.05, 0) is 18.9 Å². The predicted molar refractivity (Wildman–Crippen MR) is 72.6 cm³/mol. The minimum absolute atomic E-state index is 0.0138. The van der Waals surface area contributed by atoms with Crippen LogP contribution in [-0.4, -0.2) is 36.1 Å². The smallest absolute Gasteiger partial charge is 0.329 e. The Morgan fingerprint density at radius 2 is 2.24 bits per heavy atom. The number of carbonyl (C=O) groups is 1. The van der Waals surface area contributed by atoms with Crippen molar-refractivity contribution in [2.24, 2.45) is 5.92 Å². The minimum atomic E-state index is -0.590.